The van der Waals surface area contributed by atoms with E-state index in [-0.39, 0.29) is 6.61 Å². The molecule has 4 nitrogen and oxygen atoms in total. The van der Waals surface area contributed by atoms with E-state index in [4.69, 9.17) is 10.4 Å². The van der Waals surface area contributed by atoms with E-state index in [1.54, 1.807) is 0 Å². The lowest BCUT2D eigenvalue weighted by Crippen LogP contribution is -2.50. The Bertz CT molecular complexity index is 429. The summed E-state index contributed by atoms with van der Waals surface area (Å²) in [7, 11) is 0. The molecule has 0 amide bonds. The topological polar surface area (TPSA) is 59.3 Å². The van der Waals surface area contributed by atoms with Crippen LogP contribution in [0.15, 0.2) is 30.3 Å². The van der Waals surface area contributed by atoms with Gasteiger partial charge in [0.05, 0.1) is 19.2 Å². The van der Waals surface area contributed by atoms with Crippen LogP contribution < -0.4 is 5.32 Å². The third-order valence-corrected chi connectivity index (χ3v) is 3.82. The van der Waals surface area contributed by atoms with Crippen molar-refractivity contribution in [3.63, 3.8) is 0 Å². The molecule has 2 rings (SSSR count). The number of likely N-dealkylation sites (tertiary alicyclic amines) is 1. The van der Waals surface area contributed by atoms with Gasteiger partial charge in [-0.2, -0.15) is 5.26 Å². The van der Waals surface area contributed by atoms with E-state index >= 15 is 0 Å². The third-order valence-electron chi connectivity index (χ3n) is 3.82. The number of rotatable bonds is 6. The highest BCUT2D eigenvalue weighted by Crippen LogP contribution is 2.21. The van der Waals surface area contributed by atoms with Gasteiger partial charge in [-0.05, 0) is 24.3 Å². The van der Waals surface area contributed by atoms with Gasteiger partial charge in [0.1, 0.15) is 0 Å². The van der Waals surface area contributed by atoms with Gasteiger partial charge in [0.25, 0.3) is 0 Å². The zero-order valence-electron chi connectivity index (χ0n) is 11.8. The monoisotopic (exact) mass is 273 g/mol. The van der Waals surface area contributed by atoms with Crippen molar-refractivity contribution in [3.05, 3.63) is 35.9 Å². The highest BCUT2D eigenvalue weighted by molar-refractivity contribution is 5.15. The molecule has 0 spiro atoms. The molecule has 0 radical (unpaired) electrons. The van der Waals surface area contributed by atoms with E-state index < -0.39 is 0 Å². The first-order valence-electron chi connectivity index (χ1n) is 7.29. The molecule has 1 saturated heterocycles. The molecule has 2 atom stereocenters. The lowest BCUT2D eigenvalue weighted by molar-refractivity contribution is 0.150. The average Bonchev–Trinajstić information content (AvgIpc) is 2.46. The number of hydrogen-bond donors (Lipinski definition) is 2. The first-order valence-corrected chi connectivity index (χ1v) is 7.29. The Morgan fingerprint density at radius 1 is 1.30 bits per heavy atom. The van der Waals surface area contributed by atoms with Crippen molar-refractivity contribution in [1.29, 1.82) is 5.26 Å². The molecular weight excluding hydrogens is 250 g/mol. The molecule has 0 aliphatic carbocycles. The molecule has 2 N–H and O–H groups in total. The highest BCUT2D eigenvalue weighted by atomic mass is 16.3. The molecule has 1 fully saturated rings. The number of benzene rings is 1. The first-order chi connectivity index (χ1) is 9.81. The maximum atomic E-state index is 8.94. The van der Waals surface area contributed by atoms with Crippen LogP contribution in [-0.2, 0) is 6.42 Å². The van der Waals surface area contributed by atoms with Gasteiger partial charge in [-0.15, -0.1) is 0 Å². The standard InChI is InChI=1S/C16H23N3O/c17-6-8-19-12-15(10-14-4-2-1-3-5-14)11-16(13-19)18-7-9-20/h1-5,15-16,18,20H,7-13H2. The Morgan fingerprint density at radius 2 is 2.10 bits per heavy atom. The summed E-state index contributed by atoms with van der Waals surface area (Å²) in [6.07, 6.45) is 2.16. The summed E-state index contributed by atoms with van der Waals surface area (Å²) >= 11 is 0. The van der Waals surface area contributed by atoms with Crippen molar-refractivity contribution < 1.29 is 5.11 Å². The third kappa shape index (κ3) is 4.61. The summed E-state index contributed by atoms with van der Waals surface area (Å²) in [6, 6.07) is 13.1. The van der Waals surface area contributed by atoms with Crippen molar-refractivity contribution in [2.75, 3.05) is 32.8 Å². The number of nitrogens with zero attached hydrogens (tertiary/aromatic N) is 2. The van der Waals surface area contributed by atoms with Crippen molar-refractivity contribution >= 4 is 0 Å². The summed E-state index contributed by atoms with van der Waals surface area (Å²) in [6.45, 7) is 3.17. The van der Waals surface area contributed by atoms with Crippen molar-refractivity contribution in [3.8, 4) is 6.07 Å². The summed E-state index contributed by atoms with van der Waals surface area (Å²) < 4.78 is 0. The summed E-state index contributed by atoms with van der Waals surface area (Å²) in [5, 5.41) is 21.2. The fourth-order valence-electron chi connectivity index (χ4n) is 3.04. The van der Waals surface area contributed by atoms with Crippen LogP contribution in [0.3, 0.4) is 0 Å². The smallest absolute Gasteiger partial charge is 0.0866 e. The normalized spacial score (nSPS) is 23.4. The number of nitriles is 1. The van der Waals surface area contributed by atoms with Crippen LogP contribution in [0.25, 0.3) is 0 Å². The van der Waals surface area contributed by atoms with Crippen LogP contribution in [0, 0.1) is 17.2 Å². The molecule has 2 unspecified atom stereocenters. The Balaban J connectivity index is 1.94. The molecule has 1 aliphatic heterocycles. The zero-order chi connectivity index (χ0) is 14.2. The molecule has 1 heterocycles. The minimum absolute atomic E-state index is 0.165. The number of aliphatic hydroxyl groups excluding tert-OH is 1. The van der Waals surface area contributed by atoms with Gasteiger partial charge in [-0.1, -0.05) is 30.3 Å². The number of aliphatic hydroxyl groups is 1. The van der Waals surface area contributed by atoms with Gasteiger partial charge in [-0.3, -0.25) is 4.90 Å². The van der Waals surface area contributed by atoms with Gasteiger partial charge >= 0.3 is 0 Å². The van der Waals surface area contributed by atoms with Crippen LogP contribution in [0.2, 0.25) is 0 Å². The number of nitrogens with one attached hydrogen (secondary N) is 1. The lowest BCUT2D eigenvalue weighted by atomic mass is 9.88. The first kappa shape index (κ1) is 15.0. The molecule has 1 aromatic carbocycles. The Hall–Kier alpha value is -1.41. The predicted molar refractivity (Wildman–Crippen MR) is 79.2 cm³/mol. The quantitative estimate of drug-likeness (QED) is 0.760. The van der Waals surface area contributed by atoms with Gasteiger partial charge in [0, 0.05) is 25.7 Å². The molecule has 1 aromatic rings. The van der Waals surface area contributed by atoms with Crippen molar-refractivity contribution in [2.24, 2.45) is 5.92 Å². The van der Waals surface area contributed by atoms with Crippen LogP contribution in [0.1, 0.15) is 12.0 Å². The zero-order valence-corrected chi connectivity index (χ0v) is 11.8. The van der Waals surface area contributed by atoms with E-state index in [1.807, 2.05) is 6.07 Å². The van der Waals surface area contributed by atoms with Gasteiger partial charge < -0.3 is 10.4 Å². The summed E-state index contributed by atoms with van der Waals surface area (Å²) in [4.78, 5) is 2.21. The molecular formula is C16H23N3O. The fraction of sp³-hybridized carbons (Fsp3) is 0.562. The van der Waals surface area contributed by atoms with Gasteiger partial charge in [0.2, 0.25) is 0 Å². The molecule has 4 heteroatoms. The van der Waals surface area contributed by atoms with E-state index in [0.717, 1.165) is 25.9 Å². The van der Waals surface area contributed by atoms with E-state index in [0.29, 0.717) is 25.0 Å². The van der Waals surface area contributed by atoms with Crippen LogP contribution in [0.4, 0.5) is 0 Å². The van der Waals surface area contributed by atoms with E-state index in [2.05, 4.69) is 40.6 Å². The van der Waals surface area contributed by atoms with Gasteiger partial charge in [0.15, 0.2) is 0 Å². The minimum atomic E-state index is 0.165. The summed E-state index contributed by atoms with van der Waals surface area (Å²) in [5.41, 5.74) is 1.36. The van der Waals surface area contributed by atoms with Crippen LogP contribution in [-0.4, -0.2) is 48.8 Å². The maximum Gasteiger partial charge on any atom is 0.0866 e. The number of hydrogen-bond acceptors (Lipinski definition) is 4. The second-order valence-corrected chi connectivity index (χ2v) is 5.52. The minimum Gasteiger partial charge on any atom is -0.395 e. The molecule has 1 aliphatic rings. The largest absolute Gasteiger partial charge is 0.395 e. The Kier molecular flexibility index (Phi) is 6.00. The van der Waals surface area contributed by atoms with E-state index in [9.17, 15) is 0 Å². The van der Waals surface area contributed by atoms with Crippen molar-refractivity contribution in [1.82, 2.24) is 10.2 Å². The van der Waals surface area contributed by atoms with Gasteiger partial charge in [-0.25, -0.2) is 0 Å². The Morgan fingerprint density at radius 3 is 2.80 bits per heavy atom. The Labute approximate surface area is 121 Å². The summed E-state index contributed by atoms with van der Waals surface area (Å²) in [5.74, 6) is 0.565. The SMILES string of the molecule is N#CCN1CC(Cc2ccccc2)CC(NCCO)C1. The molecule has 0 aromatic heterocycles. The second-order valence-electron chi connectivity index (χ2n) is 5.52. The lowest BCUT2D eigenvalue weighted by Gasteiger charge is -2.37. The van der Waals surface area contributed by atoms with Crippen molar-refractivity contribution in [2.45, 2.75) is 18.9 Å². The maximum absolute atomic E-state index is 8.94. The predicted octanol–water partition coefficient (Wildman–Crippen LogP) is 1.03. The fourth-order valence-corrected chi connectivity index (χ4v) is 3.04. The number of piperidine rings is 1. The van der Waals surface area contributed by atoms with Crippen LogP contribution >= 0.6 is 0 Å². The molecule has 20 heavy (non-hydrogen) atoms. The highest BCUT2D eigenvalue weighted by Gasteiger charge is 2.26. The van der Waals surface area contributed by atoms with Crippen LogP contribution in [0.5, 0.6) is 0 Å². The molecule has 0 saturated carbocycles. The molecule has 0 bridgehead atoms. The van der Waals surface area contributed by atoms with E-state index in [1.165, 1.54) is 5.56 Å². The molecule has 108 valence electrons. The average molecular weight is 273 g/mol. The second kappa shape index (κ2) is 8.01.